The molecule has 0 aliphatic rings. The third-order valence-electron chi connectivity index (χ3n) is 4.05. The molecule has 0 spiro atoms. The van der Waals surface area contributed by atoms with Crippen molar-refractivity contribution in [2.24, 2.45) is 0 Å². The predicted molar refractivity (Wildman–Crippen MR) is 106 cm³/mol. The number of aromatic nitrogens is 3. The molecule has 4 rings (SSSR count). The van der Waals surface area contributed by atoms with Gasteiger partial charge < -0.3 is 14.5 Å². The van der Waals surface area contributed by atoms with Crippen LogP contribution in [0.1, 0.15) is 5.69 Å². The van der Waals surface area contributed by atoms with E-state index in [2.05, 4.69) is 15.0 Å². The Kier molecular flexibility index (Phi) is 5.19. The van der Waals surface area contributed by atoms with E-state index in [9.17, 15) is 8.78 Å². The number of fused-ring (bicyclic) bond motifs is 1. The van der Waals surface area contributed by atoms with Gasteiger partial charge in [-0.15, -0.1) is 11.3 Å². The number of methoxy groups -OCH3 is 2. The molecule has 0 saturated heterocycles. The quantitative estimate of drug-likeness (QED) is 0.431. The number of imidazole rings is 1. The second-order valence-corrected chi connectivity index (χ2v) is 7.65. The van der Waals surface area contributed by atoms with Crippen molar-refractivity contribution in [3.63, 3.8) is 0 Å². The number of ether oxygens (including phenoxy) is 2. The molecular formula is C19H15F2N3O2S2. The van der Waals surface area contributed by atoms with Gasteiger partial charge in [-0.2, -0.15) is 0 Å². The average molecular weight is 419 g/mol. The molecule has 0 saturated carbocycles. The number of thiazole rings is 1. The van der Waals surface area contributed by atoms with Gasteiger partial charge in [-0.1, -0.05) is 11.8 Å². The van der Waals surface area contributed by atoms with Gasteiger partial charge in [-0.25, -0.2) is 18.7 Å². The van der Waals surface area contributed by atoms with Crippen LogP contribution in [0.5, 0.6) is 11.5 Å². The van der Waals surface area contributed by atoms with E-state index < -0.39 is 11.6 Å². The number of halogens is 2. The summed E-state index contributed by atoms with van der Waals surface area (Å²) in [4.78, 5) is 11.9. The first-order valence-electron chi connectivity index (χ1n) is 8.21. The van der Waals surface area contributed by atoms with E-state index in [-0.39, 0.29) is 0 Å². The number of hydrogen-bond acceptors (Lipinski definition) is 6. The minimum absolute atomic E-state index is 0.392. The Bertz CT molecular complexity index is 1100. The van der Waals surface area contributed by atoms with Crippen LogP contribution in [0.2, 0.25) is 0 Å². The Morgan fingerprint density at radius 3 is 2.68 bits per heavy atom. The van der Waals surface area contributed by atoms with E-state index in [1.807, 2.05) is 23.6 Å². The molecule has 2 aromatic carbocycles. The summed E-state index contributed by atoms with van der Waals surface area (Å²) in [7, 11) is 3.21. The highest BCUT2D eigenvalue weighted by Crippen LogP contribution is 2.36. The van der Waals surface area contributed by atoms with E-state index in [0.29, 0.717) is 33.4 Å². The van der Waals surface area contributed by atoms with Gasteiger partial charge in [0.15, 0.2) is 16.8 Å². The lowest BCUT2D eigenvalue weighted by Crippen LogP contribution is -1.90. The molecule has 0 amide bonds. The smallest absolute Gasteiger partial charge is 0.166 e. The number of aromatic amines is 1. The van der Waals surface area contributed by atoms with Crippen LogP contribution >= 0.6 is 23.1 Å². The first-order chi connectivity index (χ1) is 13.6. The summed E-state index contributed by atoms with van der Waals surface area (Å²) >= 11 is 2.93. The predicted octanol–water partition coefficient (Wildman–Crippen LogP) is 5.27. The van der Waals surface area contributed by atoms with Gasteiger partial charge in [-0.05, 0) is 12.1 Å². The van der Waals surface area contributed by atoms with Crippen LogP contribution in [0, 0.1) is 11.6 Å². The fourth-order valence-electron chi connectivity index (χ4n) is 2.66. The normalized spacial score (nSPS) is 11.1. The van der Waals surface area contributed by atoms with Crippen LogP contribution in [0.25, 0.3) is 21.6 Å². The molecule has 0 atom stereocenters. The maximum absolute atomic E-state index is 13.3. The zero-order valence-electron chi connectivity index (χ0n) is 15.0. The van der Waals surface area contributed by atoms with E-state index in [1.54, 1.807) is 14.2 Å². The first kappa shape index (κ1) is 18.7. The van der Waals surface area contributed by atoms with Crippen LogP contribution in [0.3, 0.4) is 0 Å². The van der Waals surface area contributed by atoms with Crippen LogP contribution in [-0.4, -0.2) is 29.2 Å². The minimum Gasteiger partial charge on any atom is -0.497 e. The molecule has 0 fully saturated rings. The number of nitrogens with one attached hydrogen (secondary N) is 1. The summed E-state index contributed by atoms with van der Waals surface area (Å²) in [6.07, 6.45) is 0. The molecular weight excluding hydrogens is 404 g/mol. The Morgan fingerprint density at radius 2 is 1.89 bits per heavy atom. The molecule has 9 heteroatoms. The molecule has 0 bridgehead atoms. The highest BCUT2D eigenvalue weighted by Gasteiger charge is 2.13. The molecule has 0 radical (unpaired) electrons. The number of nitrogens with zero attached hydrogens (tertiary/aromatic N) is 2. The summed E-state index contributed by atoms with van der Waals surface area (Å²) in [5, 5.41) is 3.38. The van der Waals surface area contributed by atoms with Crippen molar-refractivity contribution in [2.45, 2.75) is 10.9 Å². The van der Waals surface area contributed by atoms with Gasteiger partial charge in [-0.3, -0.25) is 0 Å². The standard InChI is InChI=1S/C19H15F2N3O2S2/c1-25-11-3-4-12(17(5-11)26-2)18-22-10(8-27-18)9-28-19-23-15-6-13(20)14(21)7-16(15)24-19/h3-8H,9H2,1-2H3,(H,23,24). The molecule has 2 aromatic heterocycles. The highest BCUT2D eigenvalue weighted by atomic mass is 32.2. The SMILES string of the molecule is COc1ccc(-c2nc(CSc3nc4cc(F)c(F)cc4[nH]3)cs2)c(OC)c1. The van der Waals surface area contributed by atoms with Gasteiger partial charge in [0, 0.05) is 29.3 Å². The Balaban J connectivity index is 1.51. The summed E-state index contributed by atoms with van der Waals surface area (Å²) < 4.78 is 37.3. The summed E-state index contributed by atoms with van der Waals surface area (Å²) in [6.45, 7) is 0. The van der Waals surface area contributed by atoms with Gasteiger partial charge in [0.25, 0.3) is 0 Å². The van der Waals surface area contributed by atoms with Crippen molar-refractivity contribution < 1.29 is 18.3 Å². The first-order valence-corrected chi connectivity index (χ1v) is 10.1. The van der Waals surface area contributed by atoms with E-state index in [1.165, 1.54) is 23.1 Å². The fraction of sp³-hybridized carbons (Fsp3) is 0.158. The van der Waals surface area contributed by atoms with E-state index in [4.69, 9.17) is 9.47 Å². The van der Waals surface area contributed by atoms with Crippen molar-refractivity contribution in [1.82, 2.24) is 15.0 Å². The second-order valence-electron chi connectivity index (χ2n) is 5.82. The summed E-state index contributed by atoms with van der Waals surface area (Å²) in [6, 6.07) is 7.79. The molecule has 2 heterocycles. The molecule has 144 valence electrons. The van der Waals surface area contributed by atoms with Crippen molar-refractivity contribution in [2.75, 3.05) is 14.2 Å². The van der Waals surface area contributed by atoms with Crippen LogP contribution in [0.4, 0.5) is 8.78 Å². The second kappa shape index (κ2) is 7.76. The lowest BCUT2D eigenvalue weighted by Gasteiger charge is -2.08. The van der Waals surface area contributed by atoms with Crippen LogP contribution in [0.15, 0.2) is 40.9 Å². The molecule has 0 unspecified atom stereocenters. The maximum atomic E-state index is 13.3. The van der Waals surface area contributed by atoms with E-state index in [0.717, 1.165) is 28.4 Å². The fourth-order valence-corrected chi connectivity index (χ4v) is 4.40. The van der Waals surface area contributed by atoms with E-state index >= 15 is 0 Å². The number of rotatable bonds is 6. The molecule has 0 aliphatic carbocycles. The van der Waals surface area contributed by atoms with Crippen molar-refractivity contribution in [1.29, 1.82) is 0 Å². The van der Waals surface area contributed by atoms with Gasteiger partial charge >= 0.3 is 0 Å². The zero-order chi connectivity index (χ0) is 19.7. The number of thioether (sulfide) groups is 1. The number of benzene rings is 2. The van der Waals surface area contributed by atoms with Gasteiger partial charge in [0.1, 0.15) is 16.5 Å². The third-order valence-corrected chi connectivity index (χ3v) is 5.88. The average Bonchev–Trinajstić information content (AvgIpc) is 3.32. The minimum atomic E-state index is -0.909. The highest BCUT2D eigenvalue weighted by molar-refractivity contribution is 7.98. The molecule has 28 heavy (non-hydrogen) atoms. The lowest BCUT2D eigenvalue weighted by atomic mass is 10.2. The topological polar surface area (TPSA) is 60.0 Å². The van der Waals surface area contributed by atoms with Crippen molar-refractivity contribution in [3.8, 4) is 22.1 Å². The molecule has 5 nitrogen and oxygen atoms in total. The third kappa shape index (κ3) is 3.67. The number of hydrogen-bond donors (Lipinski definition) is 1. The van der Waals surface area contributed by atoms with Crippen molar-refractivity contribution >= 4 is 34.1 Å². The molecule has 4 aromatic rings. The Morgan fingerprint density at radius 1 is 1.07 bits per heavy atom. The summed E-state index contributed by atoms with van der Waals surface area (Å²) in [5.74, 6) is 0.165. The van der Waals surface area contributed by atoms with Crippen LogP contribution < -0.4 is 9.47 Å². The van der Waals surface area contributed by atoms with Crippen molar-refractivity contribution in [3.05, 3.63) is 53.0 Å². The Hall–Kier alpha value is -2.65. The molecule has 0 aliphatic heterocycles. The monoisotopic (exact) mass is 419 g/mol. The lowest BCUT2D eigenvalue weighted by molar-refractivity contribution is 0.395. The van der Waals surface area contributed by atoms with Gasteiger partial charge in [0.2, 0.25) is 0 Å². The molecule has 1 N–H and O–H groups in total. The van der Waals surface area contributed by atoms with Crippen LogP contribution in [-0.2, 0) is 5.75 Å². The Labute approximate surface area is 167 Å². The van der Waals surface area contributed by atoms with Gasteiger partial charge in [0.05, 0.1) is 36.5 Å². The summed E-state index contributed by atoms with van der Waals surface area (Å²) in [5.41, 5.74) is 2.62. The number of H-pyrrole nitrogens is 1. The largest absolute Gasteiger partial charge is 0.497 e. The zero-order valence-corrected chi connectivity index (χ0v) is 16.6. The maximum Gasteiger partial charge on any atom is 0.166 e.